The van der Waals surface area contributed by atoms with E-state index in [2.05, 4.69) is 20.3 Å². The van der Waals surface area contributed by atoms with Gasteiger partial charge >= 0.3 is 0 Å². The number of carbonyl (C=O) groups is 1. The number of hydrogen-bond acceptors (Lipinski definition) is 6. The number of hydrogen-bond donors (Lipinski definition) is 1. The van der Waals surface area contributed by atoms with Gasteiger partial charge in [-0.25, -0.2) is 15.0 Å². The van der Waals surface area contributed by atoms with Gasteiger partial charge in [-0.2, -0.15) is 0 Å². The number of carbonyl (C=O) groups excluding carboxylic acids is 1. The Balaban J connectivity index is 1.69. The molecule has 3 rings (SSSR count). The van der Waals surface area contributed by atoms with Crippen molar-refractivity contribution in [3.63, 3.8) is 0 Å². The largest absolute Gasteiger partial charge is 0.471 e. The van der Waals surface area contributed by atoms with E-state index in [0.29, 0.717) is 24.7 Å². The molecule has 1 N–H and O–H groups in total. The van der Waals surface area contributed by atoms with Gasteiger partial charge in [-0.3, -0.25) is 10.1 Å². The second kappa shape index (κ2) is 6.67. The molecule has 0 aromatic carbocycles. The third-order valence-electron chi connectivity index (χ3n) is 3.03. The Morgan fingerprint density at radius 2 is 2.18 bits per heavy atom. The van der Waals surface area contributed by atoms with Crippen molar-refractivity contribution in [3.8, 4) is 5.88 Å². The minimum absolute atomic E-state index is 0.0533. The van der Waals surface area contributed by atoms with Gasteiger partial charge in [0, 0.05) is 25.0 Å². The number of nitrogens with one attached hydrogen (secondary N) is 1. The van der Waals surface area contributed by atoms with Crippen molar-refractivity contribution in [2.75, 3.05) is 18.5 Å². The first-order valence-electron chi connectivity index (χ1n) is 6.70. The molecule has 1 atom stereocenters. The fourth-order valence-electron chi connectivity index (χ4n) is 1.94. The SMILES string of the molecule is O=C(Nc1ncccn1)c1cnc(O[C@H]2CCOC2)c(Cl)c1. The zero-order valence-corrected chi connectivity index (χ0v) is 12.3. The van der Waals surface area contributed by atoms with Crippen LogP contribution in [0.1, 0.15) is 16.8 Å². The average Bonchev–Trinajstić information content (AvgIpc) is 3.03. The van der Waals surface area contributed by atoms with Gasteiger partial charge in [0.15, 0.2) is 0 Å². The van der Waals surface area contributed by atoms with Crippen molar-refractivity contribution in [1.82, 2.24) is 15.0 Å². The summed E-state index contributed by atoms with van der Waals surface area (Å²) in [5.41, 5.74) is 0.299. The summed E-state index contributed by atoms with van der Waals surface area (Å²) >= 11 is 6.12. The molecule has 2 aromatic rings. The van der Waals surface area contributed by atoms with Crippen molar-refractivity contribution < 1.29 is 14.3 Å². The lowest BCUT2D eigenvalue weighted by Gasteiger charge is -2.12. The van der Waals surface area contributed by atoms with Crippen LogP contribution in [0.4, 0.5) is 5.95 Å². The summed E-state index contributed by atoms with van der Waals surface area (Å²) in [7, 11) is 0. The van der Waals surface area contributed by atoms with Crippen LogP contribution in [0.15, 0.2) is 30.7 Å². The van der Waals surface area contributed by atoms with E-state index in [0.717, 1.165) is 6.42 Å². The Kier molecular flexibility index (Phi) is 4.45. The molecule has 2 aromatic heterocycles. The van der Waals surface area contributed by atoms with Crippen LogP contribution in [0, 0.1) is 0 Å². The summed E-state index contributed by atoms with van der Waals surface area (Å²) in [5, 5.41) is 2.83. The van der Waals surface area contributed by atoms with Crippen molar-refractivity contribution in [1.29, 1.82) is 0 Å². The predicted molar refractivity (Wildman–Crippen MR) is 79.1 cm³/mol. The zero-order valence-electron chi connectivity index (χ0n) is 11.5. The number of aromatic nitrogens is 3. The second-order valence-electron chi connectivity index (χ2n) is 4.64. The van der Waals surface area contributed by atoms with Gasteiger partial charge in [0.1, 0.15) is 11.1 Å². The predicted octanol–water partition coefficient (Wildman–Crippen LogP) is 1.94. The van der Waals surface area contributed by atoms with Crippen molar-refractivity contribution >= 4 is 23.5 Å². The van der Waals surface area contributed by atoms with Crippen LogP contribution in [0.3, 0.4) is 0 Å². The molecule has 0 aliphatic carbocycles. The number of rotatable bonds is 4. The average molecular weight is 321 g/mol. The van der Waals surface area contributed by atoms with E-state index in [4.69, 9.17) is 21.1 Å². The molecule has 7 nitrogen and oxygen atoms in total. The topological polar surface area (TPSA) is 86.2 Å². The van der Waals surface area contributed by atoms with Gasteiger partial charge in [-0.05, 0) is 12.1 Å². The molecule has 1 saturated heterocycles. The maximum absolute atomic E-state index is 12.1. The van der Waals surface area contributed by atoms with Crippen molar-refractivity contribution in [2.45, 2.75) is 12.5 Å². The van der Waals surface area contributed by atoms with Gasteiger partial charge in [-0.15, -0.1) is 0 Å². The standard InChI is InChI=1S/C14H13ClN4O3/c15-11-6-9(12(20)19-14-16-3-1-4-17-14)7-18-13(11)22-10-2-5-21-8-10/h1,3-4,6-7,10H,2,5,8H2,(H,16,17,19,20)/t10-/m0/s1. The molecule has 1 aliphatic heterocycles. The lowest BCUT2D eigenvalue weighted by atomic mass is 10.2. The second-order valence-corrected chi connectivity index (χ2v) is 5.05. The highest BCUT2D eigenvalue weighted by atomic mass is 35.5. The fourth-order valence-corrected chi connectivity index (χ4v) is 2.15. The first-order valence-corrected chi connectivity index (χ1v) is 7.08. The maximum Gasteiger partial charge on any atom is 0.259 e. The quantitative estimate of drug-likeness (QED) is 0.926. The van der Waals surface area contributed by atoms with E-state index in [9.17, 15) is 4.79 Å². The number of nitrogens with zero attached hydrogens (tertiary/aromatic N) is 3. The van der Waals surface area contributed by atoms with Crippen LogP contribution in [0.25, 0.3) is 0 Å². The highest BCUT2D eigenvalue weighted by Crippen LogP contribution is 2.25. The Morgan fingerprint density at radius 1 is 1.36 bits per heavy atom. The Morgan fingerprint density at radius 3 is 2.86 bits per heavy atom. The normalized spacial score (nSPS) is 17.2. The molecule has 22 heavy (non-hydrogen) atoms. The van der Waals surface area contributed by atoms with Crippen molar-refractivity contribution in [2.24, 2.45) is 0 Å². The number of pyridine rings is 1. The van der Waals surface area contributed by atoms with Crippen LogP contribution in [0.5, 0.6) is 5.88 Å². The van der Waals surface area contributed by atoms with E-state index in [1.165, 1.54) is 24.7 Å². The Hall–Kier alpha value is -2.25. The number of amides is 1. The Bertz CT molecular complexity index is 662. The summed E-state index contributed by atoms with van der Waals surface area (Å²) < 4.78 is 10.9. The molecular weight excluding hydrogens is 308 g/mol. The first-order chi connectivity index (χ1) is 10.7. The van der Waals surface area contributed by atoms with E-state index < -0.39 is 5.91 Å². The molecule has 1 aliphatic rings. The molecule has 0 radical (unpaired) electrons. The zero-order chi connectivity index (χ0) is 15.4. The van der Waals surface area contributed by atoms with Gasteiger partial charge in [0.25, 0.3) is 5.91 Å². The van der Waals surface area contributed by atoms with Gasteiger partial charge in [0.05, 0.1) is 18.8 Å². The monoisotopic (exact) mass is 320 g/mol. The molecule has 0 spiro atoms. The molecule has 1 amide bonds. The minimum atomic E-state index is -0.392. The summed E-state index contributed by atoms with van der Waals surface area (Å²) in [6.07, 6.45) is 5.21. The van der Waals surface area contributed by atoms with Gasteiger partial charge in [-0.1, -0.05) is 11.6 Å². The molecule has 3 heterocycles. The number of halogens is 1. The van der Waals surface area contributed by atoms with E-state index in [1.54, 1.807) is 6.07 Å². The maximum atomic E-state index is 12.1. The smallest absolute Gasteiger partial charge is 0.259 e. The molecule has 0 bridgehead atoms. The summed E-state index contributed by atoms with van der Waals surface area (Å²) in [6.45, 7) is 1.19. The molecule has 114 valence electrons. The number of ether oxygens (including phenoxy) is 2. The summed E-state index contributed by atoms with van der Waals surface area (Å²) in [4.78, 5) is 24.0. The summed E-state index contributed by atoms with van der Waals surface area (Å²) in [5.74, 6) is 0.119. The minimum Gasteiger partial charge on any atom is -0.471 e. The molecule has 8 heteroatoms. The van der Waals surface area contributed by atoms with E-state index in [1.807, 2.05) is 0 Å². The number of anilines is 1. The lowest BCUT2D eigenvalue weighted by Crippen LogP contribution is -2.18. The molecule has 0 saturated carbocycles. The Labute approximate surface area is 131 Å². The third kappa shape index (κ3) is 3.49. The fraction of sp³-hybridized carbons (Fsp3) is 0.286. The van der Waals surface area contributed by atoms with Gasteiger partial charge < -0.3 is 9.47 Å². The highest BCUT2D eigenvalue weighted by Gasteiger charge is 2.20. The first kappa shape index (κ1) is 14.7. The molecule has 0 unspecified atom stereocenters. The molecular formula is C14H13ClN4O3. The van der Waals surface area contributed by atoms with Crippen LogP contribution in [-0.4, -0.2) is 40.2 Å². The van der Waals surface area contributed by atoms with Gasteiger partial charge in [0.2, 0.25) is 11.8 Å². The van der Waals surface area contributed by atoms with Crippen LogP contribution in [-0.2, 0) is 4.74 Å². The van der Waals surface area contributed by atoms with E-state index >= 15 is 0 Å². The van der Waals surface area contributed by atoms with Crippen LogP contribution >= 0.6 is 11.6 Å². The van der Waals surface area contributed by atoms with Crippen LogP contribution < -0.4 is 10.1 Å². The van der Waals surface area contributed by atoms with Crippen molar-refractivity contribution in [3.05, 3.63) is 41.3 Å². The summed E-state index contributed by atoms with van der Waals surface area (Å²) in [6, 6.07) is 3.16. The molecule has 1 fully saturated rings. The van der Waals surface area contributed by atoms with E-state index in [-0.39, 0.29) is 17.1 Å². The highest BCUT2D eigenvalue weighted by molar-refractivity contribution is 6.32. The lowest BCUT2D eigenvalue weighted by molar-refractivity contribution is 0.102. The third-order valence-corrected chi connectivity index (χ3v) is 3.30. The van der Waals surface area contributed by atoms with Crippen LogP contribution in [0.2, 0.25) is 5.02 Å².